The largest absolute Gasteiger partial charge is 0.360 e. The van der Waals surface area contributed by atoms with Gasteiger partial charge < -0.3 is 14.5 Å². The predicted octanol–water partition coefficient (Wildman–Crippen LogP) is 3.80. The number of amides is 1. The molecular formula is C20H25N5OS. The number of hydrogen-bond donors (Lipinski definition) is 1. The number of piperidine rings is 1. The molecule has 1 aromatic carbocycles. The van der Waals surface area contributed by atoms with Crippen molar-refractivity contribution in [2.45, 2.75) is 38.4 Å². The third-order valence-corrected chi connectivity index (χ3v) is 6.28. The molecule has 1 aliphatic rings. The van der Waals surface area contributed by atoms with Crippen LogP contribution >= 0.6 is 11.8 Å². The van der Waals surface area contributed by atoms with Gasteiger partial charge in [-0.3, -0.25) is 4.79 Å². The minimum atomic E-state index is 0.200. The van der Waals surface area contributed by atoms with Crippen molar-refractivity contribution in [2.75, 3.05) is 18.8 Å². The van der Waals surface area contributed by atoms with Gasteiger partial charge in [-0.25, -0.2) is 0 Å². The minimum absolute atomic E-state index is 0.200. The first-order chi connectivity index (χ1) is 13.2. The molecule has 0 saturated carbocycles. The maximum Gasteiger partial charge on any atom is 0.233 e. The topological polar surface area (TPSA) is 66.8 Å². The molecule has 1 fully saturated rings. The highest BCUT2D eigenvalue weighted by Gasteiger charge is 2.22. The van der Waals surface area contributed by atoms with Gasteiger partial charge >= 0.3 is 0 Å². The van der Waals surface area contributed by atoms with Crippen LogP contribution in [0.5, 0.6) is 0 Å². The number of hydrogen-bond acceptors (Lipinski definition) is 4. The Labute approximate surface area is 163 Å². The first-order valence-corrected chi connectivity index (χ1v) is 10.6. The molecule has 0 radical (unpaired) electrons. The Balaban J connectivity index is 1.51. The van der Waals surface area contributed by atoms with Crippen molar-refractivity contribution in [1.82, 2.24) is 24.6 Å². The van der Waals surface area contributed by atoms with Gasteiger partial charge in [-0.1, -0.05) is 36.9 Å². The average molecular weight is 384 g/mol. The van der Waals surface area contributed by atoms with Crippen molar-refractivity contribution in [3.63, 3.8) is 0 Å². The third kappa shape index (κ3) is 3.60. The fourth-order valence-electron chi connectivity index (χ4n) is 3.61. The molecular weight excluding hydrogens is 358 g/mol. The van der Waals surface area contributed by atoms with Crippen LogP contribution < -0.4 is 0 Å². The quantitative estimate of drug-likeness (QED) is 0.681. The molecule has 3 heterocycles. The number of fused-ring (bicyclic) bond motifs is 1. The number of nitrogens with zero attached hydrogens (tertiary/aromatic N) is 4. The van der Waals surface area contributed by atoms with Gasteiger partial charge in [0.1, 0.15) is 0 Å². The maximum absolute atomic E-state index is 12.5. The van der Waals surface area contributed by atoms with Crippen molar-refractivity contribution in [1.29, 1.82) is 0 Å². The van der Waals surface area contributed by atoms with E-state index in [1.165, 1.54) is 11.8 Å². The smallest absolute Gasteiger partial charge is 0.233 e. The lowest BCUT2D eigenvalue weighted by Gasteiger charge is -2.30. The van der Waals surface area contributed by atoms with E-state index in [0.717, 1.165) is 65.8 Å². The van der Waals surface area contributed by atoms with E-state index >= 15 is 0 Å². The number of carbonyl (C=O) groups is 1. The summed E-state index contributed by atoms with van der Waals surface area (Å²) in [6.45, 7) is 6.86. The molecule has 0 unspecified atom stereocenters. The number of thioether (sulfide) groups is 1. The van der Waals surface area contributed by atoms with Crippen LogP contribution in [0.15, 0.2) is 35.6 Å². The fourth-order valence-corrected chi connectivity index (χ4v) is 4.52. The van der Waals surface area contributed by atoms with Crippen LogP contribution in [0, 0.1) is 5.92 Å². The molecule has 1 N–H and O–H groups in total. The zero-order valence-electron chi connectivity index (χ0n) is 15.8. The van der Waals surface area contributed by atoms with Gasteiger partial charge in [0.05, 0.1) is 5.75 Å². The SMILES string of the molecule is CCn1c(SCC(=O)N2CCC(C)CC2)nnc1-c1c[nH]c2ccccc12. The molecule has 0 aliphatic carbocycles. The van der Waals surface area contributed by atoms with Crippen LogP contribution in [0.25, 0.3) is 22.3 Å². The summed E-state index contributed by atoms with van der Waals surface area (Å²) in [4.78, 5) is 17.8. The first kappa shape index (κ1) is 18.1. The van der Waals surface area contributed by atoms with Gasteiger partial charge in [-0.15, -0.1) is 10.2 Å². The molecule has 3 aromatic rings. The molecule has 7 heteroatoms. The van der Waals surface area contributed by atoms with Crippen LogP contribution in [-0.2, 0) is 11.3 Å². The summed E-state index contributed by atoms with van der Waals surface area (Å²) < 4.78 is 2.09. The number of para-hydroxylation sites is 1. The Morgan fingerprint density at radius 2 is 2.04 bits per heavy atom. The minimum Gasteiger partial charge on any atom is -0.360 e. The van der Waals surface area contributed by atoms with Gasteiger partial charge in [0.25, 0.3) is 0 Å². The van der Waals surface area contributed by atoms with Crippen molar-refractivity contribution in [3.8, 4) is 11.4 Å². The molecule has 1 amide bonds. The zero-order valence-corrected chi connectivity index (χ0v) is 16.6. The Bertz CT molecular complexity index is 939. The first-order valence-electron chi connectivity index (χ1n) is 9.57. The van der Waals surface area contributed by atoms with Crippen LogP contribution in [-0.4, -0.2) is 49.4 Å². The number of aromatic amines is 1. The predicted molar refractivity (Wildman–Crippen MR) is 109 cm³/mol. The van der Waals surface area contributed by atoms with Gasteiger partial charge in [0.2, 0.25) is 5.91 Å². The molecule has 1 saturated heterocycles. The fraction of sp³-hybridized carbons (Fsp3) is 0.450. The van der Waals surface area contributed by atoms with Gasteiger partial charge in [0.15, 0.2) is 11.0 Å². The van der Waals surface area contributed by atoms with E-state index in [1.807, 2.05) is 23.2 Å². The van der Waals surface area contributed by atoms with Gasteiger partial charge in [-0.05, 0) is 31.7 Å². The Morgan fingerprint density at radius 3 is 2.81 bits per heavy atom. The summed E-state index contributed by atoms with van der Waals surface area (Å²) in [5, 5.41) is 10.7. The second-order valence-corrected chi connectivity index (χ2v) is 8.09. The second kappa shape index (κ2) is 7.76. The Morgan fingerprint density at radius 1 is 1.26 bits per heavy atom. The highest BCUT2D eigenvalue weighted by Crippen LogP contribution is 2.30. The standard InChI is InChI=1S/C20H25N5OS/c1-3-25-19(16-12-21-17-7-5-4-6-15(16)17)22-23-20(25)27-13-18(26)24-10-8-14(2)9-11-24/h4-7,12,14,21H,3,8-11,13H2,1-2H3. The highest BCUT2D eigenvalue weighted by molar-refractivity contribution is 7.99. The van der Waals surface area contributed by atoms with Crippen LogP contribution in [0.3, 0.4) is 0 Å². The lowest BCUT2D eigenvalue weighted by molar-refractivity contribution is -0.129. The van der Waals surface area contributed by atoms with Gasteiger partial charge in [-0.2, -0.15) is 0 Å². The Kier molecular flexibility index (Phi) is 5.20. The molecule has 4 rings (SSSR count). The van der Waals surface area contributed by atoms with Crippen molar-refractivity contribution < 1.29 is 4.79 Å². The number of aromatic nitrogens is 4. The number of likely N-dealkylation sites (tertiary alicyclic amines) is 1. The summed E-state index contributed by atoms with van der Waals surface area (Å²) in [5.41, 5.74) is 2.13. The lowest BCUT2D eigenvalue weighted by atomic mass is 9.99. The molecule has 1 aliphatic heterocycles. The zero-order chi connectivity index (χ0) is 18.8. The van der Waals surface area contributed by atoms with Crippen LogP contribution in [0.4, 0.5) is 0 Å². The van der Waals surface area contributed by atoms with Crippen LogP contribution in [0.2, 0.25) is 0 Å². The molecule has 0 bridgehead atoms. The summed E-state index contributed by atoms with van der Waals surface area (Å²) in [5.74, 6) is 2.19. The molecule has 27 heavy (non-hydrogen) atoms. The van der Waals surface area contributed by atoms with E-state index in [4.69, 9.17) is 0 Å². The molecule has 2 aromatic heterocycles. The number of rotatable bonds is 5. The molecule has 0 atom stereocenters. The Hall–Kier alpha value is -2.28. The van der Waals surface area contributed by atoms with E-state index in [0.29, 0.717) is 5.75 Å². The second-order valence-electron chi connectivity index (χ2n) is 7.15. The lowest BCUT2D eigenvalue weighted by Crippen LogP contribution is -2.38. The monoisotopic (exact) mass is 383 g/mol. The van der Waals surface area contributed by atoms with Gasteiger partial charge in [0, 0.05) is 42.3 Å². The third-order valence-electron chi connectivity index (χ3n) is 5.32. The summed E-state index contributed by atoms with van der Waals surface area (Å²) in [6.07, 6.45) is 4.19. The van der Waals surface area contributed by atoms with Crippen molar-refractivity contribution in [3.05, 3.63) is 30.5 Å². The maximum atomic E-state index is 12.5. The van der Waals surface area contributed by atoms with Crippen LogP contribution in [0.1, 0.15) is 26.7 Å². The number of benzene rings is 1. The number of H-pyrrole nitrogens is 1. The normalized spacial score (nSPS) is 15.6. The summed E-state index contributed by atoms with van der Waals surface area (Å²) >= 11 is 1.49. The average Bonchev–Trinajstić information content (AvgIpc) is 3.29. The van der Waals surface area contributed by atoms with Crippen molar-refractivity contribution >= 4 is 28.6 Å². The molecule has 0 spiro atoms. The summed E-state index contributed by atoms with van der Waals surface area (Å²) in [6, 6.07) is 8.18. The van der Waals surface area contributed by atoms with E-state index in [-0.39, 0.29) is 5.91 Å². The molecule has 142 valence electrons. The van der Waals surface area contributed by atoms with E-state index in [9.17, 15) is 4.79 Å². The van der Waals surface area contributed by atoms with E-state index in [1.54, 1.807) is 0 Å². The van der Waals surface area contributed by atoms with E-state index < -0.39 is 0 Å². The molecule has 6 nitrogen and oxygen atoms in total. The number of carbonyl (C=O) groups excluding carboxylic acids is 1. The number of nitrogens with one attached hydrogen (secondary N) is 1. The van der Waals surface area contributed by atoms with Crippen molar-refractivity contribution in [2.24, 2.45) is 5.92 Å². The summed E-state index contributed by atoms with van der Waals surface area (Å²) in [7, 11) is 0. The van der Waals surface area contributed by atoms with E-state index in [2.05, 4.69) is 45.7 Å². The highest BCUT2D eigenvalue weighted by atomic mass is 32.2.